The van der Waals surface area contributed by atoms with Gasteiger partial charge in [-0.2, -0.15) is 0 Å². The number of carbonyl (C=O) groups excluding carboxylic acids is 3. The van der Waals surface area contributed by atoms with E-state index in [4.69, 9.17) is 28.5 Å². The second kappa shape index (κ2) is 17.1. The van der Waals surface area contributed by atoms with Gasteiger partial charge in [0.25, 0.3) is 0 Å². The van der Waals surface area contributed by atoms with Crippen molar-refractivity contribution in [2.24, 2.45) is 5.92 Å². The summed E-state index contributed by atoms with van der Waals surface area (Å²) in [5.74, 6) is -1.16. The quantitative estimate of drug-likeness (QED) is 0.155. The molecule has 1 aliphatic heterocycles. The van der Waals surface area contributed by atoms with Crippen molar-refractivity contribution in [3.8, 4) is 0 Å². The lowest BCUT2D eigenvalue weighted by molar-refractivity contribution is -0.155. The van der Waals surface area contributed by atoms with Gasteiger partial charge in [-0.3, -0.25) is 9.59 Å². The van der Waals surface area contributed by atoms with E-state index in [0.717, 1.165) is 16.0 Å². The molecule has 0 unspecified atom stereocenters. The number of furan rings is 1. The number of aliphatic hydroxyl groups is 1. The first-order valence-electron chi connectivity index (χ1n) is 14.7. The molecule has 1 N–H and O–H groups in total. The van der Waals surface area contributed by atoms with Crippen LogP contribution in [0, 0.1) is 5.92 Å². The summed E-state index contributed by atoms with van der Waals surface area (Å²) in [6, 6.07) is 20.1. The van der Waals surface area contributed by atoms with Crippen LogP contribution < -0.4 is 0 Å². The molecule has 1 aliphatic rings. The highest BCUT2D eigenvalue weighted by molar-refractivity contribution is 9.10. The first-order chi connectivity index (χ1) is 21.4. The first-order valence-corrected chi connectivity index (χ1v) is 15.5. The van der Waals surface area contributed by atoms with Crippen LogP contribution in [0.5, 0.6) is 0 Å². The topological polar surface area (TPSA) is 125 Å². The molecule has 1 fully saturated rings. The molecule has 2 aromatic carbocycles. The van der Waals surface area contributed by atoms with Crippen LogP contribution in [-0.4, -0.2) is 73.7 Å². The molecule has 2 heterocycles. The zero-order valence-electron chi connectivity index (χ0n) is 24.7. The molecule has 3 atom stereocenters. The molecule has 1 aromatic heterocycles. The number of hydrogen-bond donors (Lipinski definition) is 1. The number of rotatable bonds is 17. The number of aliphatic hydroxyl groups excluding tert-OH is 1. The largest absolute Gasteiger partial charge is 0.461 e. The number of carbonyl (C=O) groups is 3. The van der Waals surface area contributed by atoms with Crippen molar-refractivity contribution in [2.75, 3.05) is 39.6 Å². The number of hydrogen-bond acceptors (Lipinski definition) is 9. The second-order valence-corrected chi connectivity index (χ2v) is 11.3. The summed E-state index contributed by atoms with van der Waals surface area (Å²) in [4.78, 5) is 40.9. The van der Waals surface area contributed by atoms with Crippen LogP contribution >= 0.6 is 15.9 Å². The Balaban J connectivity index is 1.56. The minimum absolute atomic E-state index is 0.0304. The van der Waals surface area contributed by atoms with Crippen LogP contribution in [0.3, 0.4) is 0 Å². The molecule has 44 heavy (non-hydrogen) atoms. The number of esters is 1. The van der Waals surface area contributed by atoms with Crippen LogP contribution in [0.4, 0.5) is 4.79 Å². The van der Waals surface area contributed by atoms with Crippen molar-refractivity contribution < 1.29 is 42.9 Å². The van der Waals surface area contributed by atoms with Gasteiger partial charge >= 0.3 is 12.1 Å². The van der Waals surface area contributed by atoms with E-state index in [1.54, 1.807) is 6.07 Å². The van der Waals surface area contributed by atoms with Gasteiger partial charge < -0.3 is 28.5 Å². The van der Waals surface area contributed by atoms with Crippen LogP contribution in [-0.2, 0) is 47.8 Å². The third kappa shape index (κ3) is 9.49. The zero-order chi connectivity index (χ0) is 31.3. The molecule has 2 amide bonds. The molecule has 0 radical (unpaired) electrons. The summed E-state index contributed by atoms with van der Waals surface area (Å²) in [6.45, 7) is 2.86. The lowest BCUT2D eigenvalue weighted by Gasteiger charge is -2.29. The van der Waals surface area contributed by atoms with Gasteiger partial charge in [-0.15, -0.1) is 0 Å². The standard InChI is InChI=1S/C33H38BrNO9/c1-23(37)43-31(30-21-28(34)29(44-30)13-8-15-40-17-18-41-16-14-36)27(20-25-11-6-3-7-12-25)32(38)35-26(22-42-33(35)39)19-24-9-4-2-5-10-24/h2-7,9-12,21,26-27,31,36H,8,13-20,22H2,1H3/t26-,27+,31-/m0/s1. The summed E-state index contributed by atoms with van der Waals surface area (Å²) < 4.78 is 28.8. The Morgan fingerprint density at radius 1 is 1.00 bits per heavy atom. The highest BCUT2D eigenvalue weighted by atomic mass is 79.9. The first kappa shape index (κ1) is 33.4. The van der Waals surface area contributed by atoms with E-state index >= 15 is 0 Å². The lowest BCUT2D eigenvalue weighted by atomic mass is 9.90. The summed E-state index contributed by atoms with van der Waals surface area (Å²) in [7, 11) is 0. The van der Waals surface area contributed by atoms with E-state index < -0.39 is 36.0 Å². The van der Waals surface area contributed by atoms with Gasteiger partial charge in [0.2, 0.25) is 5.91 Å². The molecule has 0 aliphatic carbocycles. The van der Waals surface area contributed by atoms with Gasteiger partial charge in [-0.05, 0) is 52.4 Å². The molecule has 0 saturated carbocycles. The Hall–Kier alpha value is -3.51. The van der Waals surface area contributed by atoms with Crippen molar-refractivity contribution in [1.82, 2.24) is 4.90 Å². The van der Waals surface area contributed by atoms with E-state index in [2.05, 4.69) is 15.9 Å². The summed E-state index contributed by atoms with van der Waals surface area (Å²) >= 11 is 3.55. The molecule has 0 bridgehead atoms. The summed E-state index contributed by atoms with van der Waals surface area (Å²) in [5.41, 5.74) is 1.80. The molecule has 236 valence electrons. The number of amides is 2. The van der Waals surface area contributed by atoms with Crippen molar-refractivity contribution in [2.45, 2.75) is 44.8 Å². The Bertz CT molecular complexity index is 1350. The van der Waals surface area contributed by atoms with Gasteiger partial charge in [0, 0.05) is 20.0 Å². The van der Waals surface area contributed by atoms with Crippen LogP contribution in [0.2, 0.25) is 0 Å². The number of ether oxygens (including phenoxy) is 4. The fraction of sp³-hybridized carbons (Fsp3) is 0.424. The molecular formula is C33H38BrNO9. The number of nitrogens with zero attached hydrogens (tertiary/aromatic N) is 1. The lowest BCUT2D eigenvalue weighted by Crippen LogP contribution is -2.46. The number of imide groups is 1. The Labute approximate surface area is 265 Å². The zero-order valence-corrected chi connectivity index (χ0v) is 26.3. The molecular weight excluding hydrogens is 634 g/mol. The van der Waals surface area contributed by atoms with E-state index in [-0.39, 0.29) is 26.2 Å². The van der Waals surface area contributed by atoms with Crippen LogP contribution in [0.15, 0.2) is 75.6 Å². The Kier molecular flexibility index (Phi) is 13.0. The number of aryl methyl sites for hydroxylation is 1. The minimum Gasteiger partial charge on any atom is -0.461 e. The van der Waals surface area contributed by atoms with Crippen molar-refractivity contribution in [1.29, 1.82) is 0 Å². The van der Waals surface area contributed by atoms with Crippen LogP contribution in [0.25, 0.3) is 0 Å². The van der Waals surface area contributed by atoms with E-state index in [9.17, 15) is 14.4 Å². The number of cyclic esters (lactones) is 1. The summed E-state index contributed by atoms with van der Waals surface area (Å²) in [5, 5.41) is 8.77. The molecule has 4 rings (SSSR count). The van der Waals surface area contributed by atoms with E-state index in [0.29, 0.717) is 55.1 Å². The average Bonchev–Trinajstić information content (AvgIpc) is 3.57. The molecule has 10 nitrogen and oxygen atoms in total. The third-order valence-corrected chi connectivity index (χ3v) is 7.81. The maximum Gasteiger partial charge on any atom is 0.416 e. The monoisotopic (exact) mass is 671 g/mol. The maximum atomic E-state index is 14.3. The minimum atomic E-state index is -1.10. The van der Waals surface area contributed by atoms with Crippen LogP contribution in [0.1, 0.15) is 42.1 Å². The number of benzene rings is 2. The molecule has 11 heteroatoms. The molecule has 1 saturated heterocycles. The predicted octanol–water partition coefficient (Wildman–Crippen LogP) is 5.05. The van der Waals surface area contributed by atoms with E-state index in [1.807, 2.05) is 60.7 Å². The smallest absolute Gasteiger partial charge is 0.416 e. The van der Waals surface area contributed by atoms with Gasteiger partial charge in [0.15, 0.2) is 6.10 Å². The SMILES string of the molecule is CC(=O)O[C@H](c1cc(Br)c(CCCOCCOCCO)o1)[C@@H](Cc1ccccc1)C(=O)N1C(=O)OC[C@@H]1Cc1ccccc1. The fourth-order valence-electron chi connectivity index (χ4n) is 5.11. The second-order valence-electron chi connectivity index (χ2n) is 10.4. The molecule has 0 spiro atoms. The molecule has 3 aromatic rings. The fourth-order valence-corrected chi connectivity index (χ4v) is 5.62. The Morgan fingerprint density at radius 3 is 2.32 bits per heavy atom. The highest BCUT2D eigenvalue weighted by Crippen LogP contribution is 2.37. The predicted molar refractivity (Wildman–Crippen MR) is 164 cm³/mol. The van der Waals surface area contributed by atoms with Gasteiger partial charge in [0.05, 0.1) is 42.9 Å². The van der Waals surface area contributed by atoms with Crippen molar-refractivity contribution in [3.05, 3.63) is 93.9 Å². The van der Waals surface area contributed by atoms with Crippen molar-refractivity contribution >= 4 is 33.9 Å². The maximum absolute atomic E-state index is 14.3. The third-order valence-electron chi connectivity index (χ3n) is 7.14. The van der Waals surface area contributed by atoms with Gasteiger partial charge in [-0.25, -0.2) is 9.69 Å². The normalized spacial score (nSPS) is 16.0. The van der Waals surface area contributed by atoms with Gasteiger partial charge in [-0.1, -0.05) is 60.7 Å². The van der Waals surface area contributed by atoms with Crippen molar-refractivity contribution in [3.63, 3.8) is 0 Å². The Morgan fingerprint density at radius 2 is 1.66 bits per heavy atom. The number of halogens is 1. The van der Waals surface area contributed by atoms with Gasteiger partial charge in [0.1, 0.15) is 18.1 Å². The average molecular weight is 673 g/mol. The highest BCUT2D eigenvalue weighted by Gasteiger charge is 2.45. The summed E-state index contributed by atoms with van der Waals surface area (Å²) in [6.07, 6.45) is -0.0222. The van der Waals surface area contributed by atoms with E-state index in [1.165, 1.54) is 6.92 Å².